The molecule has 2 rings (SSSR count). The van der Waals surface area contributed by atoms with E-state index in [-0.39, 0.29) is 17.5 Å². The summed E-state index contributed by atoms with van der Waals surface area (Å²) in [5, 5.41) is 0. The summed E-state index contributed by atoms with van der Waals surface area (Å²) in [5.41, 5.74) is 0.760. The van der Waals surface area contributed by atoms with E-state index in [0.29, 0.717) is 32.7 Å². The van der Waals surface area contributed by atoms with Crippen molar-refractivity contribution in [2.45, 2.75) is 6.04 Å². The molecule has 25 heavy (non-hydrogen) atoms. The Hall–Kier alpha value is -1.51. The summed E-state index contributed by atoms with van der Waals surface area (Å²) in [7, 11) is 0.678. The summed E-state index contributed by atoms with van der Waals surface area (Å²) in [6.07, 6.45) is 1.23. The summed E-state index contributed by atoms with van der Waals surface area (Å²) >= 11 is 0. The summed E-state index contributed by atoms with van der Waals surface area (Å²) in [5.74, 6) is -0.204. The predicted molar refractivity (Wildman–Crippen MR) is 95.6 cm³/mol. The highest BCUT2D eigenvalue weighted by Gasteiger charge is 2.30. The van der Waals surface area contributed by atoms with E-state index in [9.17, 15) is 17.6 Å². The highest BCUT2D eigenvalue weighted by Crippen LogP contribution is 2.22. The van der Waals surface area contributed by atoms with Crippen LogP contribution in [0.1, 0.15) is 11.6 Å². The molecule has 1 fully saturated rings. The first-order valence-electron chi connectivity index (χ1n) is 8.28. The van der Waals surface area contributed by atoms with Crippen LogP contribution in [0, 0.1) is 5.82 Å². The second-order valence-corrected chi connectivity index (χ2v) is 8.97. The second kappa shape index (κ2) is 8.25. The van der Waals surface area contributed by atoms with Crippen LogP contribution in [-0.2, 0) is 14.6 Å². The lowest BCUT2D eigenvalue weighted by atomic mass is 10.0. The van der Waals surface area contributed by atoms with Gasteiger partial charge in [0.1, 0.15) is 21.7 Å². The third-order valence-electron chi connectivity index (χ3n) is 4.40. The smallest absolute Gasteiger partial charge is 0.244 e. The van der Waals surface area contributed by atoms with Crippen LogP contribution in [0.5, 0.6) is 0 Å². The number of carbonyl (C=O) groups excluding carboxylic acids is 1. The number of nitrogens with zero attached hydrogens (tertiary/aromatic N) is 3. The van der Waals surface area contributed by atoms with Crippen molar-refractivity contribution in [2.75, 3.05) is 58.8 Å². The normalized spacial score (nSPS) is 17.7. The van der Waals surface area contributed by atoms with Crippen LogP contribution in [0.3, 0.4) is 0 Å². The Kier molecular flexibility index (Phi) is 6.53. The minimum Gasteiger partial charge on any atom is -0.338 e. The molecule has 0 radical (unpaired) electrons. The van der Waals surface area contributed by atoms with Crippen molar-refractivity contribution in [2.24, 2.45) is 0 Å². The molecule has 140 valence electrons. The van der Waals surface area contributed by atoms with Gasteiger partial charge in [0.15, 0.2) is 0 Å². The van der Waals surface area contributed by atoms with Crippen LogP contribution in [0.4, 0.5) is 4.39 Å². The molecule has 8 heteroatoms. The van der Waals surface area contributed by atoms with Crippen LogP contribution < -0.4 is 0 Å². The van der Waals surface area contributed by atoms with E-state index >= 15 is 0 Å². The van der Waals surface area contributed by atoms with E-state index in [2.05, 4.69) is 4.90 Å². The molecule has 1 aliphatic rings. The van der Waals surface area contributed by atoms with Crippen molar-refractivity contribution in [1.29, 1.82) is 0 Å². The number of rotatable bonds is 6. The number of sulfone groups is 1. The van der Waals surface area contributed by atoms with Gasteiger partial charge in [-0.15, -0.1) is 0 Å². The van der Waals surface area contributed by atoms with Crippen molar-refractivity contribution in [1.82, 2.24) is 14.7 Å². The minimum atomic E-state index is -2.98. The maximum Gasteiger partial charge on any atom is 0.244 e. The van der Waals surface area contributed by atoms with Crippen molar-refractivity contribution in [3.63, 3.8) is 0 Å². The van der Waals surface area contributed by atoms with Gasteiger partial charge in [0.25, 0.3) is 0 Å². The topological polar surface area (TPSA) is 60.9 Å². The Morgan fingerprint density at radius 3 is 2.20 bits per heavy atom. The van der Waals surface area contributed by atoms with Crippen LogP contribution in [0.2, 0.25) is 0 Å². The molecule has 0 aliphatic carbocycles. The van der Waals surface area contributed by atoms with Gasteiger partial charge in [-0.25, -0.2) is 12.8 Å². The van der Waals surface area contributed by atoms with Gasteiger partial charge >= 0.3 is 0 Å². The first-order valence-corrected chi connectivity index (χ1v) is 10.3. The van der Waals surface area contributed by atoms with Gasteiger partial charge in [-0.05, 0) is 31.8 Å². The summed E-state index contributed by atoms with van der Waals surface area (Å²) in [6, 6.07) is 5.55. The lowest BCUT2D eigenvalue weighted by Gasteiger charge is -2.37. The SMILES string of the molecule is CN(C)C(C(=O)N1CCN(CCS(C)(=O)=O)CC1)c1ccc(F)cc1. The zero-order valence-electron chi connectivity index (χ0n) is 15.0. The maximum atomic E-state index is 13.1. The van der Waals surface area contributed by atoms with Crippen molar-refractivity contribution < 1.29 is 17.6 Å². The number of piperazine rings is 1. The molecule has 1 atom stereocenters. The highest BCUT2D eigenvalue weighted by atomic mass is 32.2. The first-order chi connectivity index (χ1) is 11.7. The van der Waals surface area contributed by atoms with Crippen LogP contribution in [0.15, 0.2) is 24.3 Å². The second-order valence-electron chi connectivity index (χ2n) is 6.71. The fourth-order valence-corrected chi connectivity index (χ4v) is 3.56. The molecule has 1 aromatic rings. The number of benzene rings is 1. The molecule has 6 nitrogen and oxygen atoms in total. The quantitative estimate of drug-likeness (QED) is 0.734. The molecule has 0 aromatic heterocycles. The number of likely N-dealkylation sites (N-methyl/N-ethyl adjacent to an activating group) is 1. The molecule has 1 saturated heterocycles. The van der Waals surface area contributed by atoms with E-state index in [1.165, 1.54) is 18.4 Å². The molecule has 1 heterocycles. The van der Waals surface area contributed by atoms with E-state index in [4.69, 9.17) is 0 Å². The standard InChI is InChI=1S/C17H26FN3O3S/c1-19(2)16(14-4-6-15(18)7-5-14)17(22)21-10-8-20(9-11-21)12-13-25(3,23)24/h4-7,16H,8-13H2,1-3H3. The zero-order valence-corrected chi connectivity index (χ0v) is 15.8. The third kappa shape index (κ3) is 5.76. The Bertz CT molecular complexity index is 684. The van der Waals surface area contributed by atoms with Gasteiger partial charge in [0.05, 0.1) is 5.75 Å². The molecule has 0 spiro atoms. The molecule has 1 unspecified atom stereocenters. The van der Waals surface area contributed by atoms with Crippen molar-refractivity contribution in [3.05, 3.63) is 35.6 Å². The average Bonchev–Trinajstić information content (AvgIpc) is 2.54. The summed E-state index contributed by atoms with van der Waals surface area (Å²) < 4.78 is 35.7. The largest absolute Gasteiger partial charge is 0.338 e. The maximum absolute atomic E-state index is 13.1. The van der Waals surface area contributed by atoms with E-state index < -0.39 is 15.9 Å². The molecule has 0 saturated carbocycles. The third-order valence-corrected chi connectivity index (χ3v) is 5.32. The number of carbonyl (C=O) groups is 1. The van der Waals surface area contributed by atoms with Crippen LogP contribution in [-0.4, -0.2) is 87.9 Å². The molecule has 0 bridgehead atoms. The Labute approximate surface area is 149 Å². The molecule has 0 N–H and O–H groups in total. The molecular formula is C17H26FN3O3S. The fourth-order valence-electron chi connectivity index (χ4n) is 2.97. The number of amides is 1. The van der Waals surface area contributed by atoms with Gasteiger partial charge in [-0.1, -0.05) is 12.1 Å². The number of hydrogen-bond acceptors (Lipinski definition) is 5. The summed E-state index contributed by atoms with van der Waals surface area (Å²) in [4.78, 5) is 18.6. The van der Waals surface area contributed by atoms with Crippen LogP contribution >= 0.6 is 0 Å². The number of hydrogen-bond donors (Lipinski definition) is 0. The van der Waals surface area contributed by atoms with Gasteiger partial charge in [-0.2, -0.15) is 0 Å². The highest BCUT2D eigenvalue weighted by molar-refractivity contribution is 7.90. The van der Waals surface area contributed by atoms with Gasteiger partial charge in [0.2, 0.25) is 5.91 Å². The Balaban J connectivity index is 1.98. The van der Waals surface area contributed by atoms with Gasteiger partial charge < -0.3 is 4.90 Å². The fraction of sp³-hybridized carbons (Fsp3) is 0.588. The van der Waals surface area contributed by atoms with E-state index in [1.807, 2.05) is 19.0 Å². The van der Waals surface area contributed by atoms with E-state index in [0.717, 1.165) is 5.56 Å². The van der Waals surface area contributed by atoms with E-state index in [1.54, 1.807) is 17.0 Å². The minimum absolute atomic E-state index is 0.0145. The monoisotopic (exact) mass is 371 g/mol. The van der Waals surface area contributed by atoms with Crippen molar-refractivity contribution in [3.8, 4) is 0 Å². The average molecular weight is 371 g/mol. The predicted octanol–water partition coefficient (Wildman–Crippen LogP) is 0.617. The molecular weight excluding hydrogens is 345 g/mol. The Morgan fingerprint density at radius 1 is 1.16 bits per heavy atom. The zero-order chi connectivity index (χ0) is 18.6. The lowest BCUT2D eigenvalue weighted by molar-refractivity contribution is -0.138. The summed E-state index contributed by atoms with van der Waals surface area (Å²) in [6.45, 7) is 2.94. The van der Waals surface area contributed by atoms with Crippen molar-refractivity contribution >= 4 is 15.7 Å². The Morgan fingerprint density at radius 2 is 1.72 bits per heavy atom. The molecule has 1 aromatic carbocycles. The molecule has 1 aliphatic heterocycles. The van der Waals surface area contributed by atoms with Crippen LogP contribution in [0.25, 0.3) is 0 Å². The van der Waals surface area contributed by atoms with Gasteiger partial charge in [0, 0.05) is 39.0 Å². The first kappa shape index (κ1) is 19.8. The van der Waals surface area contributed by atoms with Gasteiger partial charge in [-0.3, -0.25) is 14.6 Å². The number of halogens is 1. The lowest BCUT2D eigenvalue weighted by Crippen LogP contribution is -2.52. The molecule has 1 amide bonds.